The Morgan fingerprint density at radius 3 is 2.79 bits per heavy atom. The van der Waals surface area contributed by atoms with E-state index >= 15 is 0 Å². The molecule has 19 heavy (non-hydrogen) atoms. The molecule has 1 N–H and O–H groups in total. The summed E-state index contributed by atoms with van der Waals surface area (Å²) >= 11 is 0. The third-order valence-corrected chi connectivity index (χ3v) is 3.09. The van der Waals surface area contributed by atoms with Crippen LogP contribution in [0.15, 0.2) is 35.9 Å². The van der Waals surface area contributed by atoms with Gasteiger partial charge in [0.05, 0.1) is 10.5 Å². The van der Waals surface area contributed by atoms with Gasteiger partial charge >= 0.3 is 0 Å². The van der Waals surface area contributed by atoms with Crippen molar-refractivity contribution in [2.24, 2.45) is 0 Å². The van der Waals surface area contributed by atoms with E-state index in [1.54, 1.807) is 12.1 Å². The van der Waals surface area contributed by atoms with Gasteiger partial charge in [-0.2, -0.15) is 0 Å². The van der Waals surface area contributed by atoms with Crippen molar-refractivity contribution in [1.82, 2.24) is 0 Å². The van der Waals surface area contributed by atoms with Crippen molar-refractivity contribution in [3.05, 3.63) is 51.6 Å². The normalized spacial score (nSPS) is 15.9. The molecule has 0 saturated heterocycles. The first-order chi connectivity index (χ1) is 9.18. The summed E-state index contributed by atoms with van der Waals surface area (Å²) in [4.78, 5) is 10.4. The molecule has 0 bridgehead atoms. The van der Waals surface area contributed by atoms with Gasteiger partial charge in [-0.25, -0.2) is 0 Å². The maximum atomic E-state index is 10.9. The third kappa shape index (κ3) is 3.43. The first-order valence-corrected chi connectivity index (χ1v) is 6.30. The van der Waals surface area contributed by atoms with Gasteiger partial charge in [0.15, 0.2) is 0 Å². The van der Waals surface area contributed by atoms with Crippen LogP contribution in [0.1, 0.15) is 37.4 Å². The van der Waals surface area contributed by atoms with Crippen molar-refractivity contribution in [2.45, 2.75) is 31.8 Å². The summed E-state index contributed by atoms with van der Waals surface area (Å²) in [6.07, 6.45) is 5.19. The Balaban J connectivity index is 2.21. The fourth-order valence-corrected chi connectivity index (χ4v) is 2.08. The van der Waals surface area contributed by atoms with Crippen molar-refractivity contribution in [3.8, 4) is 11.8 Å². The molecule has 4 heteroatoms. The molecule has 1 aliphatic rings. The van der Waals surface area contributed by atoms with Crippen molar-refractivity contribution in [3.63, 3.8) is 0 Å². The van der Waals surface area contributed by atoms with Gasteiger partial charge in [0.2, 0.25) is 0 Å². The number of benzene rings is 1. The van der Waals surface area contributed by atoms with Gasteiger partial charge in [0.25, 0.3) is 5.69 Å². The number of aliphatic hydroxyl groups excluding tert-OH is 1. The number of rotatable bonds is 2. The van der Waals surface area contributed by atoms with Crippen molar-refractivity contribution < 1.29 is 10.0 Å². The van der Waals surface area contributed by atoms with Crippen LogP contribution in [0.3, 0.4) is 0 Å². The summed E-state index contributed by atoms with van der Waals surface area (Å²) in [5, 5.41) is 20.8. The summed E-state index contributed by atoms with van der Waals surface area (Å²) in [7, 11) is 0. The summed E-state index contributed by atoms with van der Waals surface area (Å²) in [6, 6.07) is 6.14. The van der Waals surface area contributed by atoms with E-state index in [0.717, 1.165) is 24.8 Å². The molecule has 0 saturated carbocycles. The summed E-state index contributed by atoms with van der Waals surface area (Å²) in [5.41, 5.74) is 1.17. The number of allylic oxidation sites excluding steroid dienone is 2. The smallest absolute Gasteiger partial charge is 0.276 e. The lowest BCUT2D eigenvalue weighted by Crippen LogP contribution is -2.00. The molecule has 0 spiro atoms. The quantitative estimate of drug-likeness (QED) is 0.503. The fraction of sp³-hybridized carbons (Fsp3) is 0.333. The van der Waals surface area contributed by atoms with E-state index in [2.05, 4.69) is 17.9 Å². The number of nitro groups is 1. The maximum Gasteiger partial charge on any atom is 0.276 e. The van der Waals surface area contributed by atoms with Crippen LogP contribution in [0, 0.1) is 22.0 Å². The minimum absolute atomic E-state index is 0.0954. The molecular weight excluding hydrogens is 242 g/mol. The van der Waals surface area contributed by atoms with Gasteiger partial charge in [-0.05, 0) is 37.3 Å². The molecule has 1 aromatic carbocycles. The standard InChI is InChI=1S/C15H15NO3/c17-15(11-10-12-6-2-1-3-7-12)13-8-4-5-9-14(13)16(18)19/h4-6,8-9,15,17H,1-3,7H2. The zero-order valence-electron chi connectivity index (χ0n) is 10.5. The molecule has 0 fully saturated rings. The largest absolute Gasteiger partial charge is 0.376 e. The molecule has 0 amide bonds. The van der Waals surface area contributed by atoms with Crippen LogP contribution in [0.5, 0.6) is 0 Å². The highest BCUT2D eigenvalue weighted by atomic mass is 16.6. The van der Waals surface area contributed by atoms with Crippen molar-refractivity contribution >= 4 is 5.69 Å². The molecule has 4 nitrogen and oxygen atoms in total. The summed E-state index contributed by atoms with van der Waals surface area (Å²) < 4.78 is 0. The average Bonchev–Trinajstić information content (AvgIpc) is 2.46. The van der Waals surface area contributed by atoms with Gasteiger partial charge < -0.3 is 5.11 Å². The third-order valence-electron chi connectivity index (χ3n) is 3.09. The van der Waals surface area contributed by atoms with E-state index in [1.165, 1.54) is 18.6 Å². The highest BCUT2D eigenvalue weighted by Gasteiger charge is 2.17. The van der Waals surface area contributed by atoms with Crippen LogP contribution in [-0.2, 0) is 0 Å². The Labute approximate surface area is 111 Å². The lowest BCUT2D eigenvalue weighted by molar-refractivity contribution is -0.386. The van der Waals surface area contributed by atoms with Crippen LogP contribution in [0.2, 0.25) is 0 Å². The molecule has 0 heterocycles. The van der Waals surface area contributed by atoms with Crippen LogP contribution in [0.25, 0.3) is 0 Å². The predicted octanol–water partition coefficient (Wildman–Crippen LogP) is 3.13. The van der Waals surface area contributed by atoms with E-state index < -0.39 is 11.0 Å². The number of para-hydroxylation sites is 1. The average molecular weight is 257 g/mol. The Kier molecular flexibility index (Phi) is 4.32. The molecular formula is C15H15NO3. The summed E-state index contributed by atoms with van der Waals surface area (Å²) in [5.74, 6) is 5.62. The molecule has 1 aromatic rings. The van der Waals surface area contributed by atoms with E-state index in [4.69, 9.17) is 0 Å². The molecule has 2 rings (SSSR count). The Morgan fingerprint density at radius 2 is 2.11 bits per heavy atom. The Morgan fingerprint density at radius 1 is 1.32 bits per heavy atom. The number of hydrogen-bond acceptors (Lipinski definition) is 3. The maximum absolute atomic E-state index is 10.9. The van der Waals surface area contributed by atoms with Crippen LogP contribution in [-0.4, -0.2) is 10.0 Å². The zero-order valence-corrected chi connectivity index (χ0v) is 10.5. The number of hydrogen-bond donors (Lipinski definition) is 1. The molecule has 0 aromatic heterocycles. The van der Waals surface area contributed by atoms with Crippen LogP contribution < -0.4 is 0 Å². The van der Waals surface area contributed by atoms with Crippen molar-refractivity contribution in [2.75, 3.05) is 0 Å². The zero-order chi connectivity index (χ0) is 13.7. The van der Waals surface area contributed by atoms with E-state index in [9.17, 15) is 15.2 Å². The van der Waals surface area contributed by atoms with Gasteiger partial charge in [-0.15, -0.1) is 0 Å². The minimum atomic E-state index is -1.12. The second kappa shape index (κ2) is 6.17. The highest BCUT2D eigenvalue weighted by Crippen LogP contribution is 2.24. The molecule has 0 radical (unpaired) electrons. The van der Waals surface area contributed by atoms with Crippen LogP contribution >= 0.6 is 0 Å². The highest BCUT2D eigenvalue weighted by molar-refractivity contribution is 5.45. The molecule has 1 atom stereocenters. The van der Waals surface area contributed by atoms with Gasteiger partial charge in [-0.1, -0.05) is 30.0 Å². The SMILES string of the molecule is O=[N+]([O-])c1ccccc1C(O)C#CC1=CCCCC1. The van der Waals surface area contributed by atoms with Crippen LogP contribution in [0.4, 0.5) is 5.69 Å². The Bertz CT molecular complexity index is 566. The number of nitro benzene ring substituents is 1. The number of nitrogens with zero attached hydrogens (tertiary/aromatic N) is 1. The van der Waals surface area contributed by atoms with Gasteiger partial charge in [0, 0.05) is 6.07 Å². The molecule has 1 aliphatic carbocycles. The molecule has 1 unspecified atom stereocenters. The second-order valence-electron chi connectivity index (χ2n) is 4.46. The van der Waals surface area contributed by atoms with Gasteiger partial charge in [-0.3, -0.25) is 10.1 Å². The monoisotopic (exact) mass is 257 g/mol. The van der Waals surface area contributed by atoms with Crippen molar-refractivity contribution in [1.29, 1.82) is 0 Å². The topological polar surface area (TPSA) is 63.4 Å². The van der Waals surface area contributed by atoms with E-state index in [0.29, 0.717) is 0 Å². The minimum Gasteiger partial charge on any atom is -0.376 e. The lowest BCUT2D eigenvalue weighted by Gasteiger charge is -2.07. The Hall–Kier alpha value is -2.12. The second-order valence-corrected chi connectivity index (χ2v) is 4.46. The molecule has 0 aliphatic heterocycles. The first-order valence-electron chi connectivity index (χ1n) is 6.30. The van der Waals surface area contributed by atoms with E-state index in [1.807, 2.05) is 0 Å². The first kappa shape index (κ1) is 13.3. The lowest BCUT2D eigenvalue weighted by atomic mass is 9.99. The fourth-order valence-electron chi connectivity index (χ4n) is 2.08. The molecule has 98 valence electrons. The summed E-state index contributed by atoms with van der Waals surface area (Å²) in [6.45, 7) is 0. The predicted molar refractivity (Wildman–Crippen MR) is 72.4 cm³/mol. The number of aliphatic hydroxyl groups is 1. The van der Waals surface area contributed by atoms with Gasteiger partial charge in [0.1, 0.15) is 6.10 Å². The van der Waals surface area contributed by atoms with E-state index in [-0.39, 0.29) is 11.3 Å².